The summed E-state index contributed by atoms with van der Waals surface area (Å²) in [5.41, 5.74) is 11.8. The molecular formula is C28H45N5O7. The van der Waals surface area contributed by atoms with Crippen molar-refractivity contribution in [1.29, 1.82) is 0 Å². The quantitative estimate of drug-likeness (QED) is 0.154. The lowest BCUT2D eigenvalue weighted by molar-refractivity contribution is -0.108. The van der Waals surface area contributed by atoms with Gasteiger partial charge in [0.05, 0.1) is 0 Å². The second-order valence-electron chi connectivity index (χ2n) is 8.88. The van der Waals surface area contributed by atoms with Crippen LogP contribution < -0.4 is 27.4 Å². The molecule has 0 aliphatic rings. The lowest BCUT2D eigenvalue weighted by atomic mass is 10.1. The fraction of sp³-hybridized carbons (Fsp3) is 0.429. The van der Waals surface area contributed by atoms with Crippen LogP contribution in [0.25, 0.3) is 17.0 Å². The molecule has 2 aromatic rings. The minimum Gasteiger partial charge on any atom is -0.453 e. The van der Waals surface area contributed by atoms with Gasteiger partial charge >= 0.3 is 6.09 Å². The van der Waals surface area contributed by atoms with Gasteiger partial charge in [-0.25, -0.2) is 4.79 Å². The minimum atomic E-state index is -0.495. The van der Waals surface area contributed by atoms with Gasteiger partial charge in [-0.15, -0.1) is 0 Å². The Hall–Kier alpha value is -4.16. The first kappa shape index (κ1) is 38.0. The van der Waals surface area contributed by atoms with Crippen LogP contribution in [0.2, 0.25) is 0 Å². The molecule has 1 aromatic carbocycles. The summed E-state index contributed by atoms with van der Waals surface area (Å²) in [6.07, 6.45) is 8.16. The van der Waals surface area contributed by atoms with E-state index in [1.54, 1.807) is 32.6 Å². The molecule has 2 amide bonds. The zero-order chi connectivity index (χ0) is 30.8. The zero-order valence-electron chi connectivity index (χ0n) is 24.3. The molecule has 0 aliphatic carbocycles. The number of aldehydes is 2. The summed E-state index contributed by atoms with van der Waals surface area (Å²) in [4.78, 5) is 40.4. The van der Waals surface area contributed by atoms with Crippen molar-refractivity contribution < 1.29 is 33.1 Å². The minimum absolute atomic E-state index is 0.250. The maximum Gasteiger partial charge on any atom is 0.407 e. The number of rotatable bonds is 11. The van der Waals surface area contributed by atoms with Crippen LogP contribution in [0.4, 0.5) is 4.79 Å². The number of nitrogens with two attached hydrogens (primary N) is 2. The third-order valence-electron chi connectivity index (χ3n) is 4.09. The van der Waals surface area contributed by atoms with E-state index in [4.69, 9.17) is 19.7 Å². The topological polar surface area (TPSA) is 188 Å². The molecule has 1 aromatic heterocycles. The van der Waals surface area contributed by atoms with E-state index in [0.717, 1.165) is 30.2 Å². The van der Waals surface area contributed by atoms with Gasteiger partial charge in [0.1, 0.15) is 17.5 Å². The number of primary amides is 1. The van der Waals surface area contributed by atoms with E-state index in [1.165, 1.54) is 0 Å². The van der Waals surface area contributed by atoms with Gasteiger partial charge in [-0.3, -0.25) is 9.59 Å². The summed E-state index contributed by atoms with van der Waals surface area (Å²) < 4.78 is 14.8. The number of ether oxygens (including phenoxy) is 2. The summed E-state index contributed by atoms with van der Waals surface area (Å²) in [5.74, 6) is 0.306. The summed E-state index contributed by atoms with van der Waals surface area (Å²) >= 11 is 0. The van der Waals surface area contributed by atoms with E-state index in [0.29, 0.717) is 42.8 Å². The highest BCUT2D eigenvalue weighted by atomic mass is 16.6. The first-order chi connectivity index (χ1) is 19.0. The van der Waals surface area contributed by atoms with Crippen molar-refractivity contribution in [3.05, 3.63) is 53.6 Å². The molecule has 0 fully saturated rings. The summed E-state index contributed by atoms with van der Waals surface area (Å²) in [6.45, 7) is 7.45. The molecule has 0 unspecified atom stereocenters. The maximum atomic E-state index is 11.5. The van der Waals surface area contributed by atoms with E-state index in [1.807, 2.05) is 52.1 Å². The molecule has 0 aliphatic heterocycles. The molecule has 0 saturated carbocycles. The van der Waals surface area contributed by atoms with Crippen LogP contribution in [0.3, 0.4) is 0 Å². The Labute approximate surface area is 236 Å². The van der Waals surface area contributed by atoms with Crippen LogP contribution in [-0.2, 0) is 19.1 Å². The number of furan rings is 1. The molecule has 0 saturated heterocycles. The van der Waals surface area contributed by atoms with Gasteiger partial charge in [0, 0.05) is 57.6 Å². The van der Waals surface area contributed by atoms with Gasteiger partial charge in [-0.2, -0.15) is 0 Å². The molecule has 0 radical (unpaired) electrons. The number of methoxy groups -OCH3 is 1. The van der Waals surface area contributed by atoms with Gasteiger partial charge in [0.2, 0.25) is 6.41 Å². The van der Waals surface area contributed by atoms with Gasteiger partial charge in [0.25, 0.3) is 0 Å². The number of carbonyl (C=O) groups is 4. The number of benzene rings is 1. The second kappa shape index (κ2) is 23.9. The van der Waals surface area contributed by atoms with E-state index in [-0.39, 0.29) is 6.41 Å². The number of carbonyl (C=O) groups excluding carboxylic acids is 4. The predicted octanol–water partition coefficient (Wildman–Crippen LogP) is 2.72. The molecule has 1 heterocycles. The molecule has 2 rings (SSSR count). The number of nitrogens with one attached hydrogen (secondary N) is 3. The fourth-order valence-corrected chi connectivity index (χ4v) is 2.57. The smallest absolute Gasteiger partial charge is 0.407 e. The van der Waals surface area contributed by atoms with Crippen LogP contribution in [0.15, 0.2) is 46.7 Å². The number of fused-ring (bicyclic) bond motifs is 1. The van der Waals surface area contributed by atoms with E-state index < -0.39 is 11.7 Å². The molecule has 0 atom stereocenters. The Bertz CT molecular complexity index is 1040. The number of hydrogen-bond acceptors (Lipinski definition) is 10. The fourth-order valence-electron chi connectivity index (χ4n) is 2.57. The second-order valence-corrected chi connectivity index (χ2v) is 8.88. The van der Waals surface area contributed by atoms with Crippen molar-refractivity contribution in [2.24, 2.45) is 11.5 Å². The van der Waals surface area contributed by atoms with E-state index in [9.17, 15) is 14.4 Å². The van der Waals surface area contributed by atoms with Crippen LogP contribution in [0, 0.1) is 0 Å². The molecule has 12 nitrogen and oxygen atoms in total. The van der Waals surface area contributed by atoms with Crippen molar-refractivity contribution in [2.75, 3.05) is 40.9 Å². The average Bonchev–Trinajstić information content (AvgIpc) is 3.31. The van der Waals surface area contributed by atoms with Crippen molar-refractivity contribution in [1.82, 2.24) is 16.0 Å². The van der Waals surface area contributed by atoms with Crippen LogP contribution in [0.5, 0.6) is 0 Å². The Morgan fingerprint density at radius 2 is 1.73 bits per heavy atom. The normalized spacial score (nSPS) is 10.6. The molecule has 0 bridgehead atoms. The number of amides is 2. The Kier molecular flexibility index (Phi) is 22.7. The highest BCUT2D eigenvalue weighted by Crippen LogP contribution is 2.20. The standard InChI is InChI=1S/C21H27N3O4.C4H9NO.C2H6O.CH3NO/c1-21(2,3)28-20(26)24-10-4-9-23-13-17(22)7-5-15-6-8-19-16(11-15)12-18(14-25)27-19;1-5-3-2-4-6;1-3-2;2-1-3/h5-8,11-14,23H,4,9-10,22H2,1-3H3,(H,24,26);4-5H,2-3H2,1H3;1-2H3;1H,(H2,2,3)/b7-5+,17-13+;;;. The number of alkyl carbamates (subject to hydrolysis) is 1. The van der Waals surface area contributed by atoms with E-state index in [2.05, 4.69) is 26.4 Å². The Balaban J connectivity index is 0. The molecule has 40 heavy (non-hydrogen) atoms. The lowest BCUT2D eigenvalue weighted by Gasteiger charge is -2.19. The molecular weight excluding hydrogens is 518 g/mol. The predicted molar refractivity (Wildman–Crippen MR) is 158 cm³/mol. The van der Waals surface area contributed by atoms with Crippen molar-refractivity contribution >= 4 is 42.1 Å². The maximum absolute atomic E-state index is 11.5. The number of allylic oxidation sites excluding steroid dienone is 1. The average molecular weight is 564 g/mol. The van der Waals surface area contributed by atoms with Crippen molar-refractivity contribution in [3.8, 4) is 0 Å². The molecule has 0 spiro atoms. The third kappa shape index (κ3) is 21.9. The first-order valence-corrected chi connectivity index (χ1v) is 12.5. The summed E-state index contributed by atoms with van der Waals surface area (Å²) in [5, 5.41) is 9.50. The van der Waals surface area contributed by atoms with Crippen LogP contribution in [-0.4, -0.2) is 71.6 Å². The van der Waals surface area contributed by atoms with Gasteiger partial charge in [0.15, 0.2) is 12.0 Å². The van der Waals surface area contributed by atoms with Crippen LogP contribution in [0.1, 0.15) is 49.7 Å². The molecule has 12 heteroatoms. The van der Waals surface area contributed by atoms with Gasteiger partial charge in [-0.05, 0) is 64.1 Å². The summed E-state index contributed by atoms with van der Waals surface area (Å²) in [7, 11) is 5.07. The van der Waals surface area contributed by atoms with Crippen LogP contribution >= 0.6 is 0 Å². The van der Waals surface area contributed by atoms with E-state index >= 15 is 0 Å². The summed E-state index contributed by atoms with van der Waals surface area (Å²) in [6, 6.07) is 7.33. The molecule has 224 valence electrons. The monoisotopic (exact) mass is 563 g/mol. The Morgan fingerprint density at radius 1 is 1.07 bits per heavy atom. The van der Waals surface area contributed by atoms with Crippen molar-refractivity contribution in [2.45, 2.75) is 39.2 Å². The number of hydrogen-bond donors (Lipinski definition) is 5. The highest BCUT2D eigenvalue weighted by Gasteiger charge is 2.15. The lowest BCUT2D eigenvalue weighted by Crippen LogP contribution is -2.33. The zero-order valence-corrected chi connectivity index (χ0v) is 24.3. The third-order valence-corrected chi connectivity index (χ3v) is 4.09. The van der Waals surface area contributed by atoms with Gasteiger partial charge < -0.3 is 46.1 Å². The van der Waals surface area contributed by atoms with Gasteiger partial charge in [-0.1, -0.05) is 12.1 Å². The largest absolute Gasteiger partial charge is 0.453 e. The first-order valence-electron chi connectivity index (χ1n) is 12.5. The van der Waals surface area contributed by atoms with Crippen molar-refractivity contribution in [3.63, 3.8) is 0 Å². The SMILES string of the molecule is CC(C)(C)OC(=O)NCCCN/C=C(N)\C=C\c1ccc2oc(C=O)cc2c1.CNCCC=O.COC.NC=O. The Morgan fingerprint density at radius 3 is 2.25 bits per heavy atom. The highest BCUT2D eigenvalue weighted by molar-refractivity contribution is 5.86. The molecule has 7 N–H and O–H groups in total.